The van der Waals surface area contributed by atoms with E-state index in [0.717, 1.165) is 10.5 Å². The number of nitrogens with zero attached hydrogens (tertiary/aromatic N) is 1. The lowest BCUT2D eigenvalue weighted by atomic mass is 10.3. The third-order valence-electron chi connectivity index (χ3n) is 1.55. The molecule has 1 heterocycles. The molecule has 2 aromatic rings. The minimum Gasteiger partial charge on any atom is -0.240 e. The van der Waals surface area contributed by atoms with Crippen LogP contribution in [0, 0.1) is 14.1 Å². The Labute approximate surface area is 102 Å². The molecule has 0 spiro atoms. The predicted molar refractivity (Wildman–Crippen MR) is 69.8 cm³/mol. The largest absolute Gasteiger partial charge is 0.240 e. The van der Waals surface area contributed by atoms with Crippen molar-refractivity contribution in [3.05, 3.63) is 24.3 Å². The number of aromatic nitrogens is 1. The van der Waals surface area contributed by atoms with Crippen molar-refractivity contribution in [3.63, 3.8) is 0 Å². The molecule has 1 aromatic heterocycles. The normalized spacial score (nSPS) is 10.9. The van der Waals surface area contributed by atoms with E-state index in [9.17, 15) is 0 Å². The van der Waals surface area contributed by atoms with Gasteiger partial charge in [-0.15, -0.1) is 11.3 Å². The lowest BCUT2D eigenvalue weighted by Gasteiger charge is -1.93. The molecule has 12 heavy (non-hydrogen) atoms. The van der Waals surface area contributed by atoms with Gasteiger partial charge < -0.3 is 0 Å². The number of rotatable bonds is 0. The Bertz CT molecular complexity index is 397. The second kappa shape index (κ2) is 3.38. The predicted octanol–water partition coefficient (Wildman–Crippen LogP) is 3.81. The van der Waals surface area contributed by atoms with Crippen molar-refractivity contribution >= 4 is 66.7 Å². The average Bonchev–Trinajstić information content (AvgIpc) is 2.41. The van der Waals surface area contributed by atoms with E-state index in [-0.39, 0.29) is 0 Å². The molecule has 0 amide bonds. The Morgan fingerprint density at radius 3 is 2.58 bits per heavy atom. The maximum Gasteiger partial charge on any atom is 0.0959 e. The molecular weight excluding hydrogens is 396 g/mol. The van der Waals surface area contributed by atoms with Gasteiger partial charge in [0.1, 0.15) is 0 Å². The first-order chi connectivity index (χ1) is 5.68. The number of benzene rings is 1. The molecule has 1 aromatic carbocycles. The summed E-state index contributed by atoms with van der Waals surface area (Å²) >= 11 is 6.45. The highest BCUT2D eigenvalue weighted by molar-refractivity contribution is 14.1. The number of fused-ring (bicyclic) bond motifs is 1. The van der Waals surface area contributed by atoms with Crippen molar-refractivity contribution in [2.45, 2.75) is 6.92 Å². The molecular formula is C8H5I2NS. The second-order valence-corrected chi connectivity index (χ2v) is 5.97. The second-order valence-electron chi connectivity index (χ2n) is 2.44. The summed E-state index contributed by atoms with van der Waals surface area (Å²) in [5.74, 6) is 0. The standard InChI is InChI=1S/C8H5I2NS/c1-4-11-7-5(9)2-3-6(10)8(7)12-4/h2-3H,1H3. The molecule has 0 atom stereocenters. The van der Waals surface area contributed by atoms with Gasteiger partial charge in [-0.3, -0.25) is 0 Å². The van der Waals surface area contributed by atoms with E-state index in [1.54, 1.807) is 11.3 Å². The summed E-state index contributed by atoms with van der Waals surface area (Å²) in [7, 11) is 0. The van der Waals surface area contributed by atoms with Crippen LogP contribution in [-0.2, 0) is 0 Å². The van der Waals surface area contributed by atoms with E-state index >= 15 is 0 Å². The van der Waals surface area contributed by atoms with Gasteiger partial charge in [0.15, 0.2) is 0 Å². The maximum atomic E-state index is 4.48. The number of thiazole rings is 1. The molecule has 0 unspecified atom stereocenters. The summed E-state index contributed by atoms with van der Waals surface area (Å²) in [4.78, 5) is 4.48. The number of hydrogen-bond donors (Lipinski definition) is 0. The highest BCUT2D eigenvalue weighted by Crippen LogP contribution is 2.29. The smallest absolute Gasteiger partial charge is 0.0959 e. The van der Waals surface area contributed by atoms with Crippen LogP contribution in [0.2, 0.25) is 0 Å². The Hall–Kier alpha value is 0.570. The zero-order valence-corrected chi connectivity index (χ0v) is 11.4. The summed E-state index contributed by atoms with van der Waals surface area (Å²) in [5, 5.41) is 1.15. The van der Waals surface area contributed by atoms with Crippen LogP contribution in [0.15, 0.2) is 12.1 Å². The molecule has 0 aliphatic heterocycles. The molecule has 0 saturated heterocycles. The van der Waals surface area contributed by atoms with Crippen molar-refractivity contribution in [1.29, 1.82) is 0 Å². The lowest BCUT2D eigenvalue weighted by molar-refractivity contribution is 1.34. The van der Waals surface area contributed by atoms with Crippen molar-refractivity contribution < 1.29 is 0 Å². The fraction of sp³-hybridized carbons (Fsp3) is 0.125. The van der Waals surface area contributed by atoms with Gasteiger partial charge in [0, 0.05) is 7.14 Å². The molecule has 0 radical (unpaired) electrons. The van der Waals surface area contributed by atoms with Crippen LogP contribution in [0.4, 0.5) is 0 Å². The highest BCUT2D eigenvalue weighted by atomic mass is 127. The highest BCUT2D eigenvalue weighted by Gasteiger charge is 2.06. The van der Waals surface area contributed by atoms with Crippen LogP contribution in [0.5, 0.6) is 0 Å². The first kappa shape index (κ1) is 9.14. The Balaban J connectivity index is 2.93. The molecule has 1 nitrogen and oxygen atoms in total. The quantitative estimate of drug-likeness (QED) is 0.613. The minimum absolute atomic E-state index is 1.15. The summed E-state index contributed by atoms with van der Waals surface area (Å²) in [6.45, 7) is 2.05. The molecule has 62 valence electrons. The van der Waals surface area contributed by atoms with Crippen LogP contribution in [0.1, 0.15) is 5.01 Å². The number of hydrogen-bond acceptors (Lipinski definition) is 2. The van der Waals surface area contributed by atoms with E-state index in [2.05, 4.69) is 69.2 Å². The molecule has 0 bridgehead atoms. The van der Waals surface area contributed by atoms with E-state index in [4.69, 9.17) is 0 Å². The summed E-state index contributed by atoms with van der Waals surface area (Å²) in [6.07, 6.45) is 0. The average molecular weight is 401 g/mol. The first-order valence-corrected chi connectivity index (χ1v) is 6.37. The summed E-state index contributed by atoms with van der Waals surface area (Å²) < 4.78 is 3.86. The molecule has 0 N–H and O–H groups in total. The van der Waals surface area contributed by atoms with Crippen molar-refractivity contribution in [2.24, 2.45) is 0 Å². The fourth-order valence-electron chi connectivity index (χ4n) is 1.05. The van der Waals surface area contributed by atoms with Crippen molar-refractivity contribution in [1.82, 2.24) is 4.98 Å². The minimum atomic E-state index is 1.15. The molecule has 2 rings (SSSR count). The monoisotopic (exact) mass is 401 g/mol. The summed E-state index contributed by atoms with van der Waals surface area (Å²) in [6, 6.07) is 4.26. The first-order valence-electron chi connectivity index (χ1n) is 3.39. The van der Waals surface area contributed by atoms with Gasteiger partial charge in [0.25, 0.3) is 0 Å². The van der Waals surface area contributed by atoms with Gasteiger partial charge in [-0.25, -0.2) is 4.98 Å². The van der Waals surface area contributed by atoms with Gasteiger partial charge in [-0.05, 0) is 64.2 Å². The Kier molecular flexibility index (Phi) is 2.57. The topological polar surface area (TPSA) is 12.9 Å². The molecule has 0 fully saturated rings. The van der Waals surface area contributed by atoms with Gasteiger partial charge >= 0.3 is 0 Å². The van der Waals surface area contributed by atoms with E-state index in [1.165, 1.54) is 11.8 Å². The van der Waals surface area contributed by atoms with Crippen molar-refractivity contribution in [2.75, 3.05) is 0 Å². The molecule has 0 aliphatic rings. The van der Waals surface area contributed by atoms with E-state index < -0.39 is 0 Å². The van der Waals surface area contributed by atoms with Crippen LogP contribution in [0.3, 0.4) is 0 Å². The van der Waals surface area contributed by atoms with Crippen LogP contribution in [-0.4, -0.2) is 4.98 Å². The number of halogens is 2. The molecule has 0 aliphatic carbocycles. The zero-order chi connectivity index (χ0) is 8.72. The molecule has 4 heteroatoms. The van der Waals surface area contributed by atoms with Gasteiger partial charge in [-0.2, -0.15) is 0 Å². The van der Waals surface area contributed by atoms with Crippen molar-refractivity contribution in [3.8, 4) is 0 Å². The Morgan fingerprint density at radius 1 is 1.25 bits per heavy atom. The van der Waals surface area contributed by atoms with Crippen LogP contribution in [0.25, 0.3) is 10.2 Å². The van der Waals surface area contributed by atoms with Crippen LogP contribution < -0.4 is 0 Å². The third-order valence-corrected chi connectivity index (χ3v) is 4.69. The van der Waals surface area contributed by atoms with Crippen LogP contribution >= 0.6 is 56.5 Å². The fourth-order valence-corrected chi connectivity index (χ4v) is 3.42. The Morgan fingerprint density at radius 2 is 1.92 bits per heavy atom. The summed E-state index contributed by atoms with van der Waals surface area (Å²) in [5.41, 5.74) is 1.16. The SMILES string of the molecule is Cc1nc2c(I)ccc(I)c2s1. The van der Waals surface area contributed by atoms with E-state index in [0.29, 0.717) is 0 Å². The zero-order valence-electron chi connectivity index (χ0n) is 6.27. The third kappa shape index (κ3) is 1.48. The van der Waals surface area contributed by atoms with Gasteiger partial charge in [0.2, 0.25) is 0 Å². The van der Waals surface area contributed by atoms with E-state index in [1.807, 2.05) is 0 Å². The number of aryl methyl sites for hydroxylation is 1. The van der Waals surface area contributed by atoms with Gasteiger partial charge in [0.05, 0.1) is 15.2 Å². The lowest BCUT2D eigenvalue weighted by Crippen LogP contribution is -1.77. The van der Waals surface area contributed by atoms with Gasteiger partial charge in [-0.1, -0.05) is 0 Å². The maximum absolute atomic E-state index is 4.48. The molecule has 0 saturated carbocycles.